The molecule has 1 rings (SSSR count). The van der Waals surface area contributed by atoms with Gasteiger partial charge in [-0.3, -0.25) is 0 Å². The van der Waals surface area contributed by atoms with Crippen molar-refractivity contribution in [3.8, 4) is 0 Å². The van der Waals surface area contributed by atoms with E-state index >= 15 is 0 Å². The molecule has 1 unspecified atom stereocenters. The minimum absolute atomic E-state index is 0.0766. The van der Waals surface area contributed by atoms with Crippen molar-refractivity contribution in [2.24, 2.45) is 0 Å². The van der Waals surface area contributed by atoms with Crippen LogP contribution < -0.4 is 10.7 Å². The summed E-state index contributed by atoms with van der Waals surface area (Å²) in [6.45, 7) is -0.550. The first-order valence-corrected chi connectivity index (χ1v) is 7.22. The number of sulfonamides is 1. The van der Waals surface area contributed by atoms with Gasteiger partial charge in [0.25, 0.3) is 10.0 Å². The lowest BCUT2D eigenvalue weighted by molar-refractivity contribution is 0.127. The number of amides is 1. The number of carboxylic acid groups (broad SMARTS) is 1. The standard InChI is InChI=1S/C11H17N3O5S/c1-12-14(8-9(15)7-13-11(16)17)20(18,19)10-5-3-2-4-6-10/h2-6,9,12-13,15H,7-8H2,1H3,(H,16,17). The van der Waals surface area contributed by atoms with Crippen molar-refractivity contribution >= 4 is 16.1 Å². The van der Waals surface area contributed by atoms with Gasteiger partial charge in [0.1, 0.15) is 0 Å². The third-order valence-corrected chi connectivity index (χ3v) is 4.23. The van der Waals surface area contributed by atoms with E-state index in [0.717, 1.165) is 4.41 Å². The van der Waals surface area contributed by atoms with E-state index < -0.39 is 22.2 Å². The fraction of sp³-hybridized carbons (Fsp3) is 0.364. The lowest BCUT2D eigenvalue weighted by atomic mass is 10.3. The summed E-state index contributed by atoms with van der Waals surface area (Å²) in [7, 11) is -2.40. The molecule has 1 amide bonds. The Morgan fingerprint density at radius 1 is 1.35 bits per heavy atom. The SMILES string of the molecule is CNN(CC(O)CNC(=O)O)S(=O)(=O)c1ccccc1. The van der Waals surface area contributed by atoms with Crippen LogP contribution in [0.4, 0.5) is 4.79 Å². The number of nitrogens with one attached hydrogen (secondary N) is 2. The van der Waals surface area contributed by atoms with Crippen LogP contribution >= 0.6 is 0 Å². The summed E-state index contributed by atoms with van der Waals surface area (Å²) in [5, 5.41) is 20.0. The number of nitrogens with zero attached hydrogens (tertiary/aromatic N) is 1. The van der Waals surface area contributed by atoms with Crippen LogP contribution in [-0.4, -0.2) is 55.4 Å². The van der Waals surface area contributed by atoms with Crippen molar-refractivity contribution in [1.82, 2.24) is 15.2 Å². The summed E-state index contributed by atoms with van der Waals surface area (Å²) < 4.78 is 25.4. The molecule has 1 aromatic rings. The Kier molecular flexibility index (Phi) is 5.89. The quantitative estimate of drug-likeness (QED) is 0.501. The normalized spacial score (nSPS) is 13.2. The Hall–Kier alpha value is -1.68. The molecule has 20 heavy (non-hydrogen) atoms. The highest BCUT2D eigenvalue weighted by atomic mass is 32.2. The van der Waals surface area contributed by atoms with Gasteiger partial charge in [0.15, 0.2) is 0 Å². The van der Waals surface area contributed by atoms with E-state index in [9.17, 15) is 18.3 Å². The maximum Gasteiger partial charge on any atom is 0.404 e. The largest absolute Gasteiger partial charge is 0.465 e. The van der Waals surface area contributed by atoms with Crippen molar-refractivity contribution < 1.29 is 23.4 Å². The second-order valence-electron chi connectivity index (χ2n) is 3.91. The smallest absolute Gasteiger partial charge is 0.404 e. The predicted molar refractivity (Wildman–Crippen MR) is 71.4 cm³/mol. The van der Waals surface area contributed by atoms with E-state index in [4.69, 9.17) is 5.11 Å². The number of aliphatic hydroxyl groups is 1. The summed E-state index contributed by atoms with van der Waals surface area (Å²) in [6, 6.07) is 7.73. The molecule has 1 atom stereocenters. The zero-order chi connectivity index (χ0) is 15.2. The first-order valence-electron chi connectivity index (χ1n) is 5.78. The number of rotatable bonds is 7. The van der Waals surface area contributed by atoms with Crippen molar-refractivity contribution in [3.63, 3.8) is 0 Å². The molecule has 8 nitrogen and oxygen atoms in total. The number of carbonyl (C=O) groups is 1. The molecule has 0 aliphatic carbocycles. The Morgan fingerprint density at radius 3 is 2.45 bits per heavy atom. The minimum Gasteiger partial charge on any atom is -0.465 e. The van der Waals surface area contributed by atoms with E-state index in [1.54, 1.807) is 18.2 Å². The van der Waals surface area contributed by atoms with Gasteiger partial charge in [-0.05, 0) is 19.2 Å². The Labute approximate surface area is 117 Å². The van der Waals surface area contributed by atoms with E-state index in [1.807, 2.05) is 5.32 Å². The molecule has 1 aromatic carbocycles. The van der Waals surface area contributed by atoms with Crippen molar-refractivity contribution in [3.05, 3.63) is 30.3 Å². The molecular formula is C11H17N3O5S. The van der Waals surface area contributed by atoms with Crippen LogP contribution in [0.5, 0.6) is 0 Å². The number of benzene rings is 1. The molecule has 0 heterocycles. The molecule has 0 fully saturated rings. The van der Waals surface area contributed by atoms with Gasteiger partial charge < -0.3 is 15.5 Å². The molecule has 0 spiro atoms. The molecule has 9 heteroatoms. The molecule has 0 saturated heterocycles. The Balaban J connectivity index is 2.78. The average molecular weight is 303 g/mol. The highest BCUT2D eigenvalue weighted by Gasteiger charge is 2.25. The molecule has 0 aromatic heterocycles. The van der Waals surface area contributed by atoms with Gasteiger partial charge in [0, 0.05) is 6.54 Å². The first kappa shape index (κ1) is 16.4. The molecule has 0 radical (unpaired) electrons. The van der Waals surface area contributed by atoms with Gasteiger partial charge in [-0.25, -0.2) is 18.6 Å². The predicted octanol–water partition coefficient (Wildman–Crippen LogP) is -0.560. The highest BCUT2D eigenvalue weighted by molar-refractivity contribution is 7.89. The van der Waals surface area contributed by atoms with E-state index in [2.05, 4.69) is 5.43 Å². The number of hydrogen-bond acceptors (Lipinski definition) is 5. The van der Waals surface area contributed by atoms with Crippen LogP contribution in [0.1, 0.15) is 0 Å². The zero-order valence-corrected chi connectivity index (χ0v) is 11.7. The molecule has 0 aliphatic rings. The van der Waals surface area contributed by atoms with Crippen molar-refractivity contribution in [1.29, 1.82) is 0 Å². The molecule has 0 aliphatic heterocycles. The van der Waals surface area contributed by atoms with E-state index in [-0.39, 0.29) is 18.0 Å². The number of aliphatic hydroxyl groups excluding tert-OH is 1. The monoisotopic (exact) mass is 303 g/mol. The number of hydrogen-bond donors (Lipinski definition) is 4. The lowest BCUT2D eigenvalue weighted by Gasteiger charge is -2.23. The maximum absolute atomic E-state index is 12.3. The molecule has 112 valence electrons. The van der Waals surface area contributed by atoms with Gasteiger partial charge >= 0.3 is 6.09 Å². The van der Waals surface area contributed by atoms with Crippen molar-refractivity contribution in [2.45, 2.75) is 11.0 Å². The summed E-state index contributed by atoms with van der Waals surface area (Å²) in [5.41, 5.74) is 2.47. The molecule has 0 saturated carbocycles. The van der Waals surface area contributed by atoms with Crippen LogP contribution in [-0.2, 0) is 10.0 Å². The molecule has 4 N–H and O–H groups in total. The lowest BCUT2D eigenvalue weighted by Crippen LogP contribution is -2.47. The van der Waals surface area contributed by atoms with Crippen LogP contribution in [0, 0.1) is 0 Å². The van der Waals surface area contributed by atoms with Crippen LogP contribution in [0.3, 0.4) is 0 Å². The fourth-order valence-corrected chi connectivity index (χ4v) is 2.85. The maximum atomic E-state index is 12.3. The highest BCUT2D eigenvalue weighted by Crippen LogP contribution is 2.13. The summed E-state index contributed by atoms with van der Waals surface area (Å²) in [6.07, 6.45) is -2.46. The second kappa shape index (κ2) is 7.20. The summed E-state index contributed by atoms with van der Waals surface area (Å²) in [4.78, 5) is 10.4. The van der Waals surface area contributed by atoms with Gasteiger partial charge in [-0.1, -0.05) is 18.2 Å². The molecular weight excluding hydrogens is 286 g/mol. The van der Waals surface area contributed by atoms with Crippen LogP contribution in [0.2, 0.25) is 0 Å². The average Bonchev–Trinajstić information content (AvgIpc) is 2.43. The van der Waals surface area contributed by atoms with Gasteiger partial charge in [-0.2, -0.15) is 0 Å². The third-order valence-electron chi connectivity index (χ3n) is 2.45. The van der Waals surface area contributed by atoms with Crippen LogP contribution in [0.25, 0.3) is 0 Å². The topological polar surface area (TPSA) is 119 Å². The first-order chi connectivity index (χ1) is 9.37. The second-order valence-corrected chi connectivity index (χ2v) is 5.77. The minimum atomic E-state index is -3.80. The zero-order valence-electron chi connectivity index (χ0n) is 10.9. The molecule has 0 bridgehead atoms. The van der Waals surface area contributed by atoms with E-state index in [0.29, 0.717) is 0 Å². The van der Waals surface area contributed by atoms with Gasteiger partial charge in [0.2, 0.25) is 0 Å². The summed E-state index contributed by atoms with van der Waals surface area (Å²) in [5.74, 6) is 0. The van der Waals surface area contributed by atoms with Gasteiger partial charge in [0.05, 0.1) is 17.5 Å². The fourth-order valence-electron chi connectivity index (χ4n) is 1.49. The third kappa shape index (κ3) is 4.46. The number of hydrazine groups is 1. The van der Waals surface area contributed by atoms with Crippen LogP contribution in [0.15, 0.2) is 35.2 Å². The van der Waals surface area contributed by atoms with Gasteiger partial charge in [-0.15, -0.1) is 4.41 Å². The van der Waals surface area contributed by atoms with Crippen molar-refractivity contribution in [2.75, 3.05) is 20.1 Å². The Bertz CT molecular complexity index is 534. The Morgan fingerprint density at radius 2 is 1.95 bits per heavy atom. The van der Waals surface area contributed by atoms with E-state index in [1.165, 1.54) is 19.2 Å². The summed E-state index contributed by atoms with van der Waals surface area (Å²) >= 11 is 0.